The van der Waals surface area contributed by atoms with Crippen LogP contribution in [0, 0.1) is 0 Å². The van der Waals surface area contributed by atoms with Gasteiger partial charge < -0.3 is 5.11 Å². The van der Waals surface area contributed by atoms with Gasteiger partial charge in [-0.3, -0.25) is 14.6 Å². The molecule has 0 aliphatic rings. The molecule has 1 heterocycles. The maximum atomic E-state index is 11.8. The fraction of sp³-hybridized carbons (Fsp3) is 0.600. The molecule has 0 spiro atoms. The van der Waals surface area contributed by atoms with Crippen LogP contribution in [0.1, 0.15) is 6.92 Å². The summed E-state index contributed by atoms with van der Waals surface area (Å²) < 4.78 is 0. The van der Waals surface area contributed by atoms with Gasteiger partial charge in [-0.15, -0.1) is 11.3 Å². The van der Waals surface area contributed by atoms with Gasteiger partial charge in [0.1, 0.15) is 0 Å². The summed E-state index contributed by atoms with van der Waals surface area (Å²) in [4.78, 5) is 19.3. The van der Waals surface area contributed by atoms with Crippen LogP contribution in [0.3, 0.4) is 0 Å². The first-order valence-corrected chi connectivity index (χ1v) is 5.91. The molecule has 0 aliphatic carbocycles. The summed E-state index contributed by atoms with van der Waals surface area (Å²) in [6, 6.07) is -0.0198. The van der Waals surface area contributed by atoms with Crippen molar-refractivity contribution in [1.29, 1.82) is 0 Å². The lowest BCUT2D eigenvalue weighted by Gasteiger charge is -2.24. The Bertz CT molecular complexity index is 329. The molecule has 0 aliphatic heterocycles. The van der Waals surface area contributed by atoms with E-state index in [1.807, 2.05) is 24.3 Å². The van der Waals surface area contributed by atoms with E-state index in [1.165, 1.54) is 16.2 Å². The molecule has 1 aromatic heterocycles. The van der Waals surface area contributed by atoms with Crippen LogP contribution >= 0.6 is 11.3 Å². The smallest absolute Gasteiger partial charge is 0.242 e. The molecule has 16 heavy (non-hydrogen) atoms. The van der Waals surface area contributed by atoms with Gasteiger partial charge in [-0.2, -0.15) is 0 Å². The average molecular weight is 243 g/mol. The number of aliphatic hydroxyl groups is 1. The van der Waals surface area contributed by atoms with Gasteiger partial charge in [0.15, 0.2) is 5.13 Å². The largest absolute Gasteiger partial charge is 0.395 e. The minimum Gasteiger partial charge on any atom is -0.395 e. The number of hydrogen-bond acceptors (Lipinski definition) is 5. The second-order valence-electron chi connectivity index (χ2n) is 3.71. The topological polar surface area (TPSA) is 56.7 Å². The molecule has 0 radical (unpaired) electrons. The molecule has 0 aromatic carbocycles. The number of aliphatic hydroxyl groups excluding tert-OH is 1. The Balaban J connectivity index is 2.52. The number of hydrogen-bond donors (Lipinski definition) is 1. The third-order valence-corrected chi connectivity index (χ3v) is 3.33. The number of likely N-dealkylation sites (N-methyl/N-ethyl adjacent to an activating group) is 2. The molecule has 1 aromatic rings. The standard InChI is InChI=1S/C10H17N3O2S/c1-8(7-14)12(2)6-9(15)13(3)10-11-4-5-16-10/h4-5,8,14H,6-7H2,1-3H3. The summed E-state index contributed by atoms with van der Waals surface area (Å²) in [6.07, 6.45) is 1.67. The van der Waals surface area contributed by atoms with Crippen LogP contribution in [0.5, 0.6) is 0 Å². The van der Waals surface area contributed by atoms with Crippen LogP contribution in [0.4, 0.5) is 5.13 Å². The number of carbonyl (C=O) groups excluding carboxylic acids is 1. The van der Waals surface area contributed by atoms with Crippen molar-refractivity contribution in [1.82, 2.24) is 9.88 Å². The normalized spacial score (nSPS) is 12.8. The van der Waals surface area contributed by atoms with Crippen LogP contribution in [0.15, 0.2) is 11.6 Å². The van der Waals surface area contributed by atoms with Crippen molar-refractivity contribution >= 4 is 22.4 Å². The Kier molecular flexibility index (Phi) is 4.85. The van der Waals surface area contributed by atoms with E-state index in [0.29, 0.717) is 5.13 Å². The van der Waals surface area contributed by atoms with E-state index in [-0.39, 0.29) is 25.1 Å². The van der Waals surface area contributed by atoms with Crippen molar-refractivity contribution < 1.29 is 9.90 Å². The van der Waals surface area contributed by atoms with E-state index in [9.17, 15) is 4.79 Å². The lowest BCUT2D eigenvalue weighted by molar-refractivity contribution is -0.119. The number of nitrogens with zero attached hydrogens (tertiary/aromatic N) is 3. The molecule has 0 saturated heterocycles. The Labute approximate surface area is 99.3 Å². The molecule has 5 nitrogen and oxygen atoms in total. The first kappa shape index (κ1) is 13.1. The molecular weight excluding hydrogens is 226 g/mol. The number of aromatic nitrogens is 1. The second-order valence-corrected chi connectivity index (χ2v) is 4.59. The molecule has 1 N–H and O–H groups in total. The van der Waals surface area contributed by atoms with Crippen molar-refractivity contribution in [3.8, 4) is 0 Å². The van der Waals surface area contributed by atoms with E-state index < -0.39 is 0 Å². The molecule has 1 amide bonds. The Morgan fingerprint density at radius 3 is 2.81 bits per heavy atom. The van der Waals surface area contributed by atoms with E-state index in [0.717, 1.165) is 0 Å². The number of anilines is 1. The van der Waals surface area contributed by atoms with Crippen molar-refractivity contribution in [2.45, 2.75) is 13.0 Å². The fourth-order valence-corrected chi connectivity index (χ4v) is 1.73. The molecule has 1 unspecified atom stereocenters. The number of thiazole rings is 1. The summed E-state index contributed by atoms with van der Waals surface area (Å²) in [6.45, 7) is 2.19. The second kappa shape index (κ2) is 5.93. The molecule has 1 rings (SSSR count). The predicted molar refractivity (Wildman–Crippen MR) is 64.7 cm³/mol. The van der Waals surface area contributed by atoms with Gasteiger partial charge in [0.05, 0.1) is 13.2 Å². The lowest BCUT2D eigenvalue weighted by Crippen LogP contribution is -2.41. The first-order valence-electron chi connectivity index (χ1n) is 5.03. The first-order chi connectivity index (χ1) is 7.56. The van der Waals surface area contributed by atoms with Gasteiger partial charge in [0.25, 0.3) is 0 Å². The van der Waals surface area contributed by atoms with E-state index >= 15 is 0 Å². The minimum atomic E-state index is -0.0299. The van der Waals surface area contributed by atoms with Crippen LogP contribution in [-0.2, 0) is 4.79 Å². The highest BCUT2D eigenvalue weighted by Gasteiger charge is 2.17. The summed E-state index contributed by atoms with van der Waals surface area (Å²) >= 11 is 1.43. The van der Waals surface area contributed by atoms with Crippen LogP contribution < -0.4 is 4.90 Å². The Morgan fingerprint density at radius 2 is 2.31 bits per heavy atom. The number of carbonyl (C=O) groups is 1. The van der Waals surface area contributed by atoms with Crippen LogP contribution in [0.2, 0.25) is 0 Å². The van der Waals surface area contributed by atoms with E-state index in [2.05, 4.69) is 4.98 Å². The van der Waals surface area contributed by atoms with Gasteiger partial charge in [0.2, 0.25) is 5.91 Å². The summed E-state index contributed by atoms with van der Waals surface area (Å²) in [5.41, 5.74) is 0. The van der Waals surface area contributed by atoms with Gasteiger partial charge in [0, 0.05) is 24.7 Å². The molecule has 0 saturated carbocycles. The molecule has 0 bridgehead atoms. The summed E-state index contributed by atoms with van der Waals surface area (Å²) in [5.74, 6) is -0.0299. The van der Waals surface area contributed by atoms with Gasteiger partial charge >= 0.3 is 0 Å². The van der Waals surface area contributed by atoms with E-state index in [1.54, 1.807) is 13.2 Å². The molecule has 6 heteroatoms. The molecule has 1 atom stereocenters. The Morgan fingerprint density at radius 1 is 1.62 bits per heavy atom. The highest BCUT2D eigenvalue weighted by Crippen LogP contribution is 2.15. The van der Waals surface area contributed by atoms with E-state index in [4.69, 9.17) is 5.11 Å². The monoisotopic (exact) mass is 243 g/mol. The summed E-state index contributed by atoms with van der Waals surface area (Å²) in [7, 11) is 3.52. The SMILES string of the molecule is CC(CO)N(C)CC(=O)N(C)c1nccs1. The maximum absolute atomic E-state index is 11.8. The maximum Gasteiger partial charge on any atom is 0.242 e. The minimum absolute atomic E-state index is 0.0198. The van der Waals surface area contributed by atoms with Crippen molar-refractivity contribution in [2.24, 2.45) is 0 Å². The fourth-order valence-electron chi connectivity index (χ4n) is 1.10. The molecular formula is C10H17N3O2S. The third kappa shape index (κ3) is 3.26. The quantitative estimate of drug-likeness (QED) is 0.814. The zero-order valence-electron chi connectivity index (χ0n) is 9.75. The van der Waals surface area contributed by atoms with Crippen molar-refractivity contribution in [2.75, 3.05) is 32.1 Å². The van der Waals surface area contributed by atoms with Crippen LogP contribution in [-0.4, -0.2) is 54.2 Å². The molecule has 90 valence electrons. The Hall–Kier alpha value is -0.980. The summed E-state index contributed by atoms with van der Waals surface area (Å²) in [5, 5.41) is 11.5. The average Bonchev–Trinajstić information content (AvgIpc) is 2.79. The zero-order valence-corrected chi connectivity index (χ0v) is 10.6. The van der Waals surface area contributed by atoms with Gasteiger partial charge in [-0.25, -0.2) is 4.98 Å². The number of amides is 1. The lowest BCUT2D eigenvalue weighted by atomic mass is 10.3. The van der Waals surface area contributed by atoms with Crippen molar-refractivity contribution in [3.63, 3.8) is 0 Å². The highest BCUT2D eigenvalue weighted by atomic mass is 32.1. The van der Waals surface area contributed by atoms with Gasteiger partial charge in [-0.05, 0) is 14.0 Å². The zero-order chi connectivity index (χ0) is 12.1. The highest BCUT2D eigenvalue weighted by molar-refractivity contribution is 7.13. The van der Waals surface area contributed by atoms with Crippen LogP contribution in [0.25, 0.3) is 0 Å². The predicted octanol–water partition coefficient (Wildman–Crippen LogP) is 0.418. The van der Waals surface area contributed by atoms with Crippen molar-refractivity contribution in [3.05, 3.63) is 11.6 Å². The molecule has 0 fully saturated rings. The third-order valence-electron chi connectivity index (χ3n) is 2.48. The number of rotatable bonds is 5. The van der Waals surface area contributed by atoms with Gasteiger partial charge in [-0.1, -0.05) is 0 Å².